The lowest BCUT2D eigenvalue weighted by Crippen LogP contribution is -2.40. The molecule has 2 rings (SSSR count). The first-order valence-electron chi connectivity index (χ1n) is 5.93. The smallest absolute Gasteiger partial charge is 0.276 e. The quantitative estimate of drug-likeness (QED) is 0.645. The molecule has 0 atom stereocenters. The number of aromatic nitrogens is 2. The maximum Gasteiger partial charge on any atom is 0.276 e. The molecule has 1 fully saturated rings. The number of nitrogens with one attached hydrogen (secondary N) is 2. The number of H-pyrrole nitrogens is 1. The van der Waals surface area contributed by atoms with Crippen molar-refractivity contribution >= 4 is 17.4 Å². The molecule has 4 N–H and O–H groups in total. The fourth-order valence-corrected chi connectivity index (χ4v) is 2.21. The van der Waals surface area contributed by atoms with Crippen LogP contribution in [0.25, 0.3) is 0 Å². The minimum atomic E-state index is -0.326. The van der Waals surface area contributed by atoms with Gasteiger partial charge < -0.3 is 20.9 Å². The van der Waals surface area contributed by atoms with E-state index in [4.69, 9.17) is 5.73 Å². The second-order valence-corrected chi connectivity index (χ2v) is 4.34. The van der Waals surface area contributed by atoms with E-state index in [9.17, 15) is 9.59 Å². The Morgan fingerprint density at radius 3 is 2.83 bits per heavy atom. The zero-order chi connectivity index (χ0) is 13.1. The summed E-state index contributed by atoms with van der Waals surface area (Å²) in [6.07, 6.45) is 2.83. The Labute approximate surface area is 104 Å². The SMILES string of the molecule is CNC(=O)C1CCN(c2nc[nH]c(=O)c2N)CC1. The second-order valence-electron chi connectivity index (χ2n) is 4.34. The lowest BCUT2D eigenvalue weighted by atomic mass is 9.96. The van der Waals surface area contributed by atoms with E-state index in [1.165, 1.54) is 6.33 Å². The maximum atomic E-state index is 11.5. The van der Waals surface area contributed by atoms with Crippen molar-refractivity contribution in [2.75, 3.05) is 30.8 Å². The molecule has 18 heavy (non-hydrogen) atoms. The first kappa shape index (κ1) is 12.4. The minimum absolute atomic E-state index is 0.0365. The Kier molecular flexibility index (Phi) is 3.50. The molecule has 0 saturated carbocycles. The van der Waals surface area contributed by atoms with E-state index in [1.807, 2.05) is 4.90 Å². The van der Waals surface area contributed by atoms with Crippen molar-refractivity contribution in [1.82, 2.24) is 15.3 Å². The third-order valence-electron chi connectivity index (χ3n) is 3.28. The van der Waals surface area contributed by atoms with E-state index < -0.39 is 0 Å². The van der Waals surface area contributed by atoms with E-state index in [0.717, 1.165) is 12.8 Å². The van der Waals surface area contributed by atoms with Crippen LogP contribution in [0.5, 0.6) is 0 Å². The van der Waals surface area contributed by atoms with Gasteiger partial charge in [-0.15, -0.1) is 0 Å². The number of piperidine rings is 1. The molecule has 0 radical (unpaired) electrons. The fourth-order valence-electron chi connectivity index (χ4n) is 2.21. The van der Waals surface area contributed by atoms with Crippen LogP contribution in [0.2, 0.25) is 0 Å². The van der Waals surface area contributed by atoms with Gasteiger partial charge in [-0.25, -0.2) is 4.98 Å². The molecule has 0 unspecified atom stereocenters. The molecule has 2 heterocycles. The molecule has 1 aliphatic heterocycles. The van der Waals surface area contributed by atoms with Crippen LogP contribution in [-0.2, 0) is 4.79 Å². The average Bonchev–Trinajstić information content (AvgIpc) is 2.41. The highest BCUT2D eigenvalue weighted by Crippen LogP contribution is 2.23. The van der Waals surface area contributed by atoms with Crippen molar-refractivity contribution in [2.24, 2.45) is 5.92 Å². The number of nitrogen functional groups attached to an aromatic ring is 1. The number of hydrogen-bond acceptors (Lipinski definition) is 5. The summed E-state index contributed by atoms with van der Waals surface area (Å²) in [4.78, 5) is 31.4. The monoisotopic (exact) mass is 251 g/mol. The van der Waals surface area contributed by atoms with E-state index in [1.54, 1.807) is 7.05 Å². The van der Waals surface area contributed by atoms with Gasteiger partial charge in [0.05, 0.1) is 6.33 Å². The van der Waals surface area contributed by atoms with Crippen molar-refractivity contribution < 1.29 is 4.79 Å². The zero-order valence-corrected chi connectivity index (χ0v) is 10.3. The van der Waals surface area contributed by atoms with Crippen LogP contribution in [0.4, 0.5) is 11.5 Å². The molecule has 1 aliphatic rings. The number of amides is 1. The van der Waals surface area contributed by atoms with Gasteiger partial charge in [0.15, 0.2) is 5.82 Å². The van der Waals surface area contributed by atoms with Crippen molar-refractivity contribution in [1.29, 1.82) is 0 Å². The molecule has 0 spiro atoms. The van der Waals surface area contributed by atoms with E-state index in [2.05, 4.69) is 15.3 Å². The highest BCUT2D eigenvalue weighted by molar-refractivity contribution is 5.78. The predicted octanol–water partition coefficient (Wildman–Crippen LogP) is -0.685. The van der Waals surface area contributed by atoms with Gasteiger partial charge in [0.25, 0.3) is 5.56 Å². The number of aromatic amines is 1. The van der Waals surface area contributed by atoms with Crippen LogP contribution in [0.15, 0.2) is 11.1 Å². The summed E-state index contributed by atoms with van der Waals surface area (Å²) in [5, 5.41) is 2.66. The van der Waals surface area contributed by atoms with E-state index in [-0.39, 0.29) is 23.1 Å². The molecule has 7 nitrogen and oxygen atoms in total. The highest BCUT2D eigenvalue weighted by atomic mass is 16.1. The molecule has 0 aromatic carbocycles. The van der Waals surface area contributed by atoms with Gasteiger partial charge in [0, 0.05) is 26.1 Å². The summed E-state index contributed by atoms with van der Waals surface area (Å²) in [5.74, 6) is 0.616. The third-order valence-corrected chi connectivity index (χ3v) is 3.28. The average molecular weight is 251 g/mol. The predicted molar refractivity (Wildman–Crippen MR) is 68.3 cm³/mol. The molecule has 98 valence electrons. The summed E-state index contributed by atoms with van der Waals surface area (Å²) in [7, 11) is 1.64. The minimum Gasteiger partial charge on any atom is -0.391 e. The third kappa shape index (κ3) is 2.29. The number of hydrogen-bond donors (Lipinski definition) is 3. The molecular formula is C11H17N5O2. The van der Waals surface area contributed by atoms with Crippen LogP contribution >= 0.6 is 0 Å². The van der Waals surface area contributed by atoms with Crippen molar-refractivity contribution in [2.45, 2.75) is 12.8 Å². The standard InChI is InChI=1S/C11H17N5O2/c1-13-10(17)7-2-4-16(5-3-7)9-8(12)11(18)15-6-14-9/h6-7H,2-5,12H2,1H3,(H,13,17)(H,14,15,18). The van der Waals surface area contributed by atoms with Crippen molar-refractivity contribution in [3.63, 3.8) is 0 Å². The second kappa shape index (κ2) is 5.07. The van der Waals surface area contributed by atoms with Crippen LogP contribution in [0.3, 0.4) is 0 Å². The summed E-state index contributed by atoms with van der Waals surface area (Å²) in [6, 6.07) is 0. The Morgan fingerprint density at radius 2 is 2.22 bits per heavy atom. The largest absolute Gasteiger partial charge is 0.391 e. The van der Waals surface area contributed by atoms with Gasteiger partial charge in [-0.2, -0.15) is 0 Å². The lowest BCUT2D eigenvalue weighted by molar-refractivity contribution is -0.125. The van der Waals surface area contributed by atoms with Crippen molar-refractivity contribution in [3.05, 3.63) is 16.7 Å². The summed E-state index contributed by atoms with van der Waals surface area (Å²) >= 11 is 0. The molecular weight excluding hydrogens is 234 g/mol. The highest BCUT2D eigenvalue weighted by Gasteiger charge is 2.26. The van der Waals surface area contributed by atoms with Gasteiger partial charge in [0.2, 0.25) is 5.91 Å². The molecule has 1 aromatic rings. The topological polar surface area (TPSA) is 104 Å². The first-order chi connectivity index (χ1) is 8.63. The number of nitrogens with zero attached hydrogens (tertiary/aromatic N) is 2. The molecule has 0 aliphatic carbocycles. The van der Waals surface area contributed by atoms with E-state index >= 15 is 0 Å². The summed E-state index contributed by atoms with van der Waals surface area (Å²) in [6.45, 7) is 1.36. The van der Waals surface area contributed by atoms with Gasteiger partial charge in [-0.05, 0) is 12.8 Å². The first-order valence-corrected chi connectivity index (χ1v) is 5.93. The Hall–Kier alpha value is -2.05. The Morgan fingerprint density at radius 1 is 1.56 bits per heavy atom. The molecule has 1 amide bonds. The number of nitrogens with two attached hydrogens (primary N) is 1. The van der Waals surface area contributed by atoms with Crippen LogP contribution in [-0.4, -0.2) is 36.0 Å². The van der Waals surface area contributed by atoms with Crippen LogP contribution in [0.1, 0.15) is 12.8 Å². The summed E-state index contributed by atoms with van der Waals surface area (Å²) < 4.78 is 0. The number of rotatable bonds is 2. The number of carbonyl (C=O) groups excluding carboxylic acids is 1. The number of carbonyl (C=O) groups is 1. The van der Waals surface area contributed by atoms with Gasteiger partial charge in [-0.1, -0.05) is 0 Å². The molecule has 1 saturated heterocycles. The Bertz CT molecular complexity index is 490. The summed E-state index contributed by atoms with van der Waals surface area (Å²) in [5.41, 5.74) is 5.52. The lowest BCUT2D eigenvalue weighted by Gasteiger charge is -2.32. The van der Waals surface area contributed by atoms with Gasteiger partial charge in [0.1, 0.15) is 5.69 Å². The van der Waals surface area contributed by atoms with E-state index in [0.29, 0.717) is 18.9 Å². The molecule has 0 bridgehead atoms. The fraction of sp³-hybridized carbons (Fsp3) is 0.545. The normalized spacial score (nSPS) is 16.6. The van der Waals surface area contributed by atoms with Gasteiger partial charge >= 0.3 is 0 Å². The maximum absolute atomic E-state index is 11.5. The molecule has 1 aromatic heterocycles. The van der Waals surface area contributed by atoms with Gasteiger partial charge in [-0.3, -0.25) is 9.59 Å². The zero-order valence-electron chi connectivity index (χ0n) is 10.3. The number of anilines is 2. The Balaban J connectivity index is 2.08. The van der Waals surface area contributed by atoms with Crippen LogP contribution in [0, 0.1) is 5.92 Å². The van der Waals surface area contributed by atoms with Crippen LogP contribution < -0.4 is 21.5 Å². The molecule has 7 heteroatoms. The van der Waals surface area contributed by atoms with Crippen molar-refractivity contribution in [3.8, 4) is 0 Å².